The van der Waals surface area contributed by atoms with Crippen LogP contribution in [0.2, 0.25) is 0 Å². The second-order valence-corrected chi connectivity index (χ2v) is 19.2. The molecular formula is C55H57NO6. The number of hydrogen-bond donors (Lipinski definition) is 0. The first-order valence-corrected chi connectivity index (χ1v) is 21.9. The predicted molar refractivity (Wildman–Crippen MR) is 250 cm³/mol. The molecule has 1 saturated carbocycles. The van der Waals surface area contributed by atoms with E-state index in [4.69, 9.17) is 28.4 Å². The summed E-state index contributed by atoms with van der Waals surface area (Å²) in [5.74, 6) is 3.82. The van der Waals surface area contributed by atoms with Gasteiger partial charge in [0, 0.05) is 63.5 Å². The van der Waals surface area contributed by atoms with Gasteiger partial charge in [-0.1, -0.05) is 82.3 Å². The Morgan fingerprint density at radius 3 is 1.87 bits per heavy atom. The van der Waals surface area contributed by atoms with E-state index in [2.05, 4.69) is 124 Å². The summed E-state index contributed by atoms with van der Waals surface area (Å²) < 4.78 is 37.2. The topological polar surface area (TPSA) is 58.6 Å². The molecule has 4 aliphatic rings. The molecule has 0 radical (unpaired) electrons. The third-order valence-electron chi connectivity index (χ3n) is 14.0. The highest BCUT2D eigenvalue weighted by Crippen LogP contribution is 2.67. The highest BCUT2D eigenvalue weighted by molar-refractivity contribution is 6.11. The van der Waals surface area contributed by atoms with E-state index in [1.54, 1.807) is 28.4 Å². The Morgan fingerprint density at radius 1 is 0.581 bits per heavy atom. The minimum atomic E-state index is -0.960. The van der Waals surface area contributed by atoms with Crippen LogP contribution in [0.4, 0.5) is 5.69 Å². The first-order valence-electron chi connectivity index (χ1n) is 21.9. The number of methoxy groups -OCH3 is 4. The molecular weight excluding hydrogens is 771 g/mol. The summed E-state index contributed by atoms with van der Waals surface area (Å²) in [4.78, 5) is 2.39. The molecule has 2 heterocycles. The Morgan fingerprint density at radius 2 is 1.21 bits per heavy atom. The average Bonchev–Trinajstić information content (AvgIpc) is 3.55. The van der Waals surface area contributed by atoms with E-state index in [9.17, 15) is 0 Å². The highest BCUT2D eigenvalue weighted by atomic mass is 16.5. The van der Waals surface area contributed by atoms with E-state index in [0.29, 0.717) is 5.75 Å². The molecule has 2 aliphatic heterocycles. The van der Waals surface area contributed by atoms with Gasteiger partial charge in [-0.2, -0.15) is 0 Å². The smallest absolute Gasteiger partial charge is 0.178 e. The van der Waals surface area contributed by atoms with Crippen molar-refractivity contribution >= 4 is 22.5 Å². The minimum absolute atomic E-state index is 0.0914. The van der Waals surface area contributed by atoms with Gasteiger partial charge in [0.15, 0.2) is 5.60 Å². The van der Waals surface area contributed by atoms with Crippen LogP contribution in [0.15, 0.2) is 109 Å². The second-order valence-electron chi connectivity index (χ2n) is 19.2. The Hall–Kier alpha value is -5.92. The van der Waals surface area contributed by atoms with Crippen molar-refractivity contribution in [1.82, 2.24) is 0 Å². The van der Waals surface area contributed by atoms with E-state index in [0.717, 1.165) is 107 Å². The summed E-state index contributed by atoms with van der Waals surface area (Å²) in [6.45, 7) is 13.0. The van der Waals surface area contributed by atoms with Crippen LogP contribution in [0.3, 0.4) is 0 Å². The molecule has 62 heavy (non-hydrogen) atoms. The van der Waals surface area contributed by atoms with Crippen molar-refractivity contribution in [1.29, 1.82) is 0 Å². The van der Waals surface area contributed by atoms with Crippen LogP contribution in [0.1, 0.15) is 74.8 Å². The molecule has 7 nitrogen and oxygen atoms in total. The van der Waals surface area contributed by atoms with Crippen LogP contribution in [-0.4, -0.2) is 54.7 Å². The van der Waals surface area contributed by atoms with Crippen molar-refractivity contribution < 1.29 is 28.4 Å². The van der Waals surface area contributed by atoms with Crippen molar-refractivity contribution in [3.63, 3.8) is 0 Å². The lowest BCUT2D eigenvalue weighted by Crippen LogP contribution is -2.44. The Balaban J connectivity index is 1.29. The first-order chi connectivity index (χ1) is 29.9. The maximum atomic E-state index is 7.89. The van der Waals surface area contributed by atoms with Gasteiger partial charge in [0.2, 0.25) is 0 Å². The zero-order valence-electron chi connectivity index (χ0n) is 37.3. The van der Waals surface area contributed by atoms with Crippen molar-refractivity contribution in [2.75, 3.05) is 59.6 Å². The van der Waals surface area contributed by atoms with Gasteiger partial charge in [0.1, 0.15) is 28.7 Å². The van der Waals surface area contributed by atoms with Gasteiger partial charge in [-0.25, -0.2) is 0 Å². The molecule has 318 valence electrons. The van der Waals surface area contributed by atoms with E-state index in [1.807, 2.05) is 24.3 Å². The van der Waals surface area contributed by atoms with Gasteiger partial charge < -0.3 is 33.3 Å². The standard InChI is InChI=1S/C55H57NO6/c1-52(2)32-53(3,4)34-54(33-52)46-12-10-9-11-41(46)49-44-30-43(40-22-21-39(58-6)29-47(40)59-7)48(60-8)31-45(44)51-42(50(49)54)23-24-55(62-51,36-15-19-38(57-5)20-16-36)35-13-17-37(18-14-35)56-25-27-61-28-26-56/h9-24,29-31H,25-28,32-34H2,1-8H3. The van der Waals surface area contributed by atoms with Gasteiger partial charge in [0.25, 0.3) is 0 Å². The van der Waals surface area contributed by atoms with Crippen LogP contribution >= 0.6 is 0 Å². The van der Waals surface area contributed by atoms with Gasteiger partial charge in [-0.3, -0.25) is 0 Å². The highest BCUT2D eigenvalue weighted by Gasteiger charge is 2.55. The molecule has 10 rings (SSSR count). The predicted octanol–water partition coefficient (Wildman–Crippen LogP) is 12.2. The first kappa shape index (κ1) is 40.2. The monoisotopic (exact) mass is 827 g/mol. The second kappa shape index (κ2) is 14.9. The molecule has 2 fully saturated rings. The number of nitrogens with zero attached hydrogens (tertiary/aromatic N) is 1. The fourth-order valence-electron chi connectivity index (χ4n) is 12.1. The summed E-state index contributed by atoms with van der Waals surface area (Å²) in [5.41, 5.74) is 10.6. The van der Waals surface area contributed by atoms with Crippen LogP contribution in [-0.2, 0) is 15.8 Å². The maximum absolute atomic E-state index is 7.89. The van der Waals surface area contributed by atoms with E-state index in [-0.39, 0.29) is 16.2 Å². The molecule has 0 aromatic heterocycles. The van der Waals surface area contributed by atoms with Crippen molar-refractivity contribution in [3.05, 3.63) is 137 Å². The zero-order chi connectivity index (χ0) is 43.0. The van der Waals surface area contributed by atoms with Gasteiger partial charge in [-0.05, 0) is 112 Å². The number of ether oxygens (including phenoxy) is 6. The molecule has 7 heteroatoms. The molecule has 2 aliphatic carbocycles. The maximum Gasteiger partial charge on any atom is 0.178 e. The van der Waals surface area contributed by atoms with Crippen LogP contribution in [0, 0.1) is 10.8 Å². The number of fused-ring (bicyclic) bond motifs is 10. The van der Waals surface area contributed by atoms with Crippen LogP contribution in [0.5, 0.6) is 28.7 Å². The molecule has 1 spiro atoms. The largest absolute Gasteiger partial charge is 0.497 e. The lowest BCUT2D eigenvalue weighted by molar-refractivity contribution is 0.0642. The Kier molecular flexibility index (Phi) is 9.63. The SMILES string of the molecule is COc1ccc(C2(c3ccc(N4CCOCC4)cc3)C=Cc3c4c(c5cc(-c6ccc(OC)cc6OC)c(OC)cc5c3O2)-c2ccccc2C42CC(C)(C)CC(C)(C)C2)cc1. The van der Waals surface area contributed by atoms with Gasteiger partial charge >= 0.3 is 0 Å². The van der Waals surface area contributed by atoms with Crippen LogP contribution in [0.25, 0.3) is 39.1 Å². The molecule has 1 saturated heterocycles. The lowest BCUT2D eigenvalue weighted by Gasteiger charge is -2.52. The van der Waals surface area contributed by atoms with Crippen molar-refractivity contribution in [2.45, 2.75) is 58.0 Å². The van der Waals surface area contributed by atoms with E-state index < -0.39 is 5.60 Å². The molecule has 1 atom stereocenters. The molecule has 6 aromatic rings. The number of benzene rings is 6. The molecule has 6 aromatic carbocycles. The summed E-state index contributed by atoms with van der Waals surface area (Å²) in [7, 11) is 6.84. The van der Waals surface area contributed by atoms with Gasteiger partial charge in [-0.15, -0.1) is 0 Å². The lowest BCUT2D eigenvalue weighted by atomic mass is 9.52. The van der Waals surface area contributed by atoms with Crippen LogP contribution < -0.4 is 28.6 Å². The van der Waals surface area contributed by atoms with Gasteiger partial charge in [0.05, 0.1) is 41.7 Å². The summed E-state index contributed by atoms with van der Waals surface area (Å²) in [5, 5.41) is 2.12. The summed E-state index contributed by atoms with van der Waals surface area (Å²) in [6.07, 6.45) is 7.90. The quantitative estimate of drug-likeness (QED) is 0.151. The number of rotatable bonds is 8. The summed E-state index contributed by atoms with van der Waals surface area (Å²) >= 11 is 0. The third-order valence-corrected chi connectivity index (χ3v) is 14.0. The third kappa shape index (κ3) is 6.34. The van der Waals surface area contributed by atoms with Crippen molar-refractivity contribution in [2.24, 2.45) is 10.8 Å². The molecule has 0 amide bonds. The zero-order valence-corrected chi connectivity index (χ0v) is 37.3. The molecule has 0 bridgehead atoms. The van der Waals surface area contributed by atoms with E-state index in [1.165, 1.54) is 27.9 Å². The normalized spacial score (nSPS) is 20.2. The average molecular weight is 828 g/mol. The number of anilines is 1. The summed E-state index contributed by atoms with van der Waals surface area (Å²) in [6, 6.07) is 36.9. The molecule has 1 unspecified atom stereocenters. The number of hydrogen-bond acceptors (Lipinski definition) is 7. The number of morpholine rings is 1. The molecule has 0 N–H and O–H groups in total. The Bertz CT molecular complexity index is 2710. The fraction of sp³-hybridized carbons (Fsp3) is 0.345. The fourth-order valence-corrected chi connectivity index (χ4v) is 12.1. The van der Waals surface area contributed by atoms with Crippen molar-refractivity contribution in [3.8, 4) is 51.0 Å². The Labute approximate surface area is 366 Å². The van der Waals surface area contributed by atoms with E-state index >= 15 is 0 Å². The minimum Gasteiger partial charge on any atom is -0.497 e.